The molecule has 138 valence electrons. The molecule has 0 bridgehead atoms. The van der Waals surface area contributed by atoms with Gasteiger partial charge in [-0.15, -0.1) is 0 Å². The second-order valence-electron chi connectivity index (χ2n) is 6.56. The molecule has 0 aliphatic carbocycles. The average molecular weight is 362 g/mol. The summed E-state index contributed by atoms with van der Waals surface area (Å²) in [5.74, 6) is -1.36. The van der Waals surface area contributed by atoms with E-state index >= 15 is 0 Å². The van der Waals surface area contributed by atoms with Crippen LogP contribution in [0.2, 0.25) is 0 Å². The van der Waals surface area contributed by atoms with Crippen LogP contribution >= 0.6 is 0 Å². The Kier molecular flexibility index (Phi) is 4.76. The van der Waals surface area contributed by atoms with E-state index in [2.05, 4.69) is 4.98 Å². The van der Waals surface area contributed by atoms with Crippen molar-refractivity contribution in [1.82, 2.24) is 18.7 Å². The first kappa shape index (κ1) is 18.0. The van der Waals surface area contributed by atoms with Crippen LogP contribution in [0.5, 0.6) is 0 Å². The molecule has 0 radical (unpaired) electrons. The van der Waals surface area contributed by atoms with E-state index in [9.17, 15) is 18.4 Å². The van der Waals surface area contributed by atoms with E-state index in [1.165, 1.54) is 12.4 Å². The minimum absolute atomic E-state index is 0.0631. The molecule has 6 nitrogen and oxygen atoms in total. The van der Waals surface area contributed by atoms with Gasteiger partial charge in [0.2, 0.25) is 0 Å². The lowest BCUT2D eigenvalue weighted by molar-refractivity contribution is 0.489. The number of imidazole rings is 1. The van der Waals surface area contributed by atoms with Crippen molar-refractivity contribution in [3.05, 3.63) is 57.0 Å². The number of hydrogen-bond donors (Lipinski definition) is 0. The monoisotopic (exact) mass is 362 g/mol. The molecule has 0 fully saturated rings. The third kappa shape index (κ3) is 2.95. The van der Waals surface area contributed by atoms with Gasteiger partial charge >= 0.3 is 5.69 Å². The van der Waals surface area contributed by atoms with E-state index in [1.54, 1.807) is 4.57 Å². The summed E-state index contributed by atoms with van der Waals surface area (Å²) in [4.78, 5) is 30.0. The summed E-state index contributed by atoms with van der Waals surface area (Å²) in [5.41, 5.74) is -0.993. The van der Waals surface area contributed by atoms with Crippen LogP contribution in [0.3, 0.4) is 0 Å². The zero-order valence-electron chi connectivity index (χ0n) is 14.9. The minimum Gasteiger partial charge on any atom is -0.325 e. The highest BCUT2D eigenvalue weighted by Gasteiger charge is 2.20. The van der Waals surface area contributed by atoms with Gasteiger partial charge in [-0.1, -0.05) is 13.8 Å². The molecule has 3 aromatic rings. The first-order chi connectivity index (χ1) is 12.3. The van der Waals surface area contributed by atoms with Gasteiger partial charge in [-0.05, 0) is 31.4 Å². The molecule has 2 heterocycles. The van der Waals surface area contributed by atoms with Crippen molar-refractivity contribution in [2.75, 3.05) is 0 Å². The molecule has 3 rings (SSSR count). The molecule has 0 amide bonds. The second kappa shape index (κ2) is 6.86. The molecule has 26 heavy (non-hydrogen) atoms. The predicted molar refractivity (Wildman–Crippen MR) is 94.6 cm³/mol. The Morgan fingerprint density at radius 2 is 1.92 bits per heavy atom. The van der Waals surface area contributed by atoms with Gasteiger partial charge < -0.3 is 4.57 Å². The smallest absolute Gasteiger partial charge is 0.325 e. The lowest BCUT2D eigenvalue weighted by Crippen LogP contribution is -2.40. The van der Waals surface area contributed by atoms with Crippen LogP contribution in [-0.2, 0) is 13.1 Å². The molecule has 0 spiro atoms. The molecule has 8 heteroatoms. The number of rotatable bonds is 5. The lowest BCUT2D eigenvalue weighted by Gasteiger charge is -2.13. The van der Waals surface area contributed by atoms with E-state index in [-0.39, 0.29) is 29.3 Å². The lowest BCUT2D eigenvalue weighted by atomic mass is 10.1. The molecular formula is C18H20F2N4O2. The van der Waals surface area contributed by atoms with Gasteiger partial charge in [-0.3, -0.25) is 9.36 Å². The second-order valence-corrected chi connectivity index (χ2v) is 6.56. The highest BCUT2D eigenvalue weighted by molar-refractivity contribution is 5.72. The first-order valence-corrected chi connectivity index (χ1v) is 8.51. The zero-order chi connectivity index (χ0) is 19.0. The van der Waals surface area contributed by atoms with Gasteiger partial charge in [0.25, 0.3) is 5.56 Å². The van der Waals surface area contributed by atoms with Crippen molar-refractivity contribution < 1.29 is 8.78 Å². The molecule has 0 saturated heterocycles. The number of hydrogen-bond acceptors (Lipinski definition) is 3. The van der Waals surface area contributed by atoms with Crippen molar-refractivity contribution in [3.8, 4) is 5.69 Å². The minimum atomic E-state index is -0.895. The molecule has 0 N–H and O–H groups in total. The van der Waals surface area contributed by atoms with Crippen molar-refractivity contribution in [2.24, 2.45) is 5.92 Å². The molecule has 0 unspecified atom stereocenters. The Morgan fingerprint density at radius 1 is 1.19 bits per heavy atom. The van der Waals surface area contributed by atoms with Crippen LogP contribution in [-0.4, -0.2) is 18.7 Å². The van der Waals surface area contributed by atoms with Crippen molar-refractivity contribution in [2.45, 2.75) is 40.3 Å². The highest BCUT2D eigenvalue weighted by Crippen LogP contribution is 2.17. The van der Waals surface area contributed by atoms with Crippen LogP contribution in [0.15, 0.2) is 34.1 Å². The highest BCUT2D eigenvalue weighted by atomic mass is 19.1. The molecule has 0 aliphatic rings. The van der Waals surface area contributed by atoms with E-state index in [0.29, 0.717) is 19.0 Å². The van der Waals surface area contributed by atoms with Crippen molar-refractivity contribution in [3.63, 3.8) is 0 Å². The number of nitrogens with zero attached hydrogens (tertiary/aromatic N) is 4. The van der Waals surface area contributed by atoms with Gasteiger partial charge in [-0.25, -0.2) is 23.1 Å². The number of aromatic nitrogens is 4. The molecule has 0 aliphatic heterocycles. The largest absolute Gasteiger partial charge is 0.337 e. The average Bonchev–Trinajstić information content (AvgIpc) is 3.00. The summed E-state index contributed by atoms with van der Waals surface area (Å²) >= 11 is 0. The van der Waals surface area contributed by atoms with Crippen LogP contribution in [0.25, 0.3) is 16.9 Å². The fraction of sp³-hybridized carbons (Fsp3) is 0.389. The van der Waals surface area contributed by atoms with Gasteiger partial charge in [0.05, 0.1) is 12.0 Å². The number of aryl methyl sites for hydroxylation is 1. The van der Waals surface area contributed by atoms with Crippen LogP contribution in [0.4, 0.5) is 8.78 Å². The summed E-state index contributed by atoms with van der Waals surface area (Å²) in [6.45, 7) is 6.49. The van der Waals surface area contributed by atoms with Crippen LogP contribution in [0.1, 0.15) is 27.2 Å². The normalized spacial score (nSPS) is 11.6. The molecular weight excluding hydrogens is 342 g/mol. The Bertz CT molecular complexity index is 1080. The summed E-state index contributed by atoms with van der Waals surface area (Å²) in [6, 6.07) is 2.94. The third-order valence-electron chi connectivity index (χ3n) is 4.32. The topological polar surface area (TPSA) is 61.8 Å². The van der Waals surface area contributed by atoms with Gasteiger partial charge in [0, 0.05) is 19.2 Å². The fourth-order valence-electron chi connectivity index (χ4n) is 2.88. The Hall–Kier alpha value is -2.77. The van der Waals surface area contributed by atoms with Crippen molar-refractivity contribution in [1.29, 1.82) is 0 Å². The standard InChI is InChI=1S/C18H20F2N4O2/c1-4-22-10-21-16-15(22)17(25)23(8-7-11(2)3)18(26)24(16)14-6-5-12(19)9-13(14)20/h5-6,9-11H,4,7-8H2,1-3H3. The van der Waals surface area contributed by atoms with Crippen LogP contribution in [0, 0.1) is 17.6 Å². The molecule has 0 saturated carbocycles. The van der Waals surface area contributed by atoms with E-state index in [1.807, 2.05) is 20.8 Å². The maximum absolute atomic E-state index is 14.4. The maximum atomic E-state index is 14.4. The summed E-state index contributed by atoms with van der Waals surface area (Å²) < 4.78 is 31.4. The number of halogens is 2. The Morgan fingerprint density at radius 3 is 2.54 bits per heavy atom. The fourth-order valence-corrected chi connectivity index (χ4v) is 2.88. The molecule has 0 atom stereocenters. The SMILES string of the molecule is CCn1cnc2c1c(=O)n(CCC(C)C)c(=O)n2-c1ccc(F)cc1F. The van der Waals surface area contributed by atoms with Gasteiger partial charge in [-0.2, -0.15) is 0 Å². The predicted octanol–water partition coefficient (Wildman–Crippen LogP) is 2.69. The maximum Gasteiger partial charge on any atom is 0.337 e. The quantitative estimate of drug-likeness (QED) is 0.701. The summed E-state index contributed by atoms with van der Waals surface area (Å²) in [6.07, 6.45) is 2.06. The van der Waals surface area contributed by atoms with Crippen molar-refractivity contribution >= 4 is 11.2 Å². The van der Waals surface area contributed by atoms with Crippen LogP contribution < -0.4 is 11.2 Å². The Labute approximate surface area is 148 Å². The number of fused-ring (bicyclic) bond motifs is 1. The third-order valence-corrected chi connectivity index (χ3v) is 4.32. The van der Waals surface area contributed by atoms with E-state index < -0.39 is 22.9 Å². The van der Waals surface area contributed by atoms with Gasteiger partial charge in [0.15, 0.2) is 11.2 Å². The summed E-state index contributed by atoms with van der Waals surface area (Å²) in [7, 11) is 0. The van der Waals surface area contributed by atoms with E-state index in [4.69, 9.17) is 0 Å². The number of benzene rings is 1. The van der Waals surface area contributed by atoms with E-state index in [0.717, 1.165) is 15.2 Å². The molecule has 1 aromatic carbocycles. The summed E-state index contributed by atoms with van der Waals surface area (Å²) in [5, 5.41) is 0. The Balaban J connectivity index is 2.39. The zero-order valence-corrected chi connectivity index (χ0v) is 14.9. The first-order valence-electron chi connectivity index (χ1n) is 8.51. The molecule has 2 aromatic heterocycles. The van der Waals surface area contributed by atoms with Gasteiger partial charge in [0.1, 0.15) is 11.6 Å².